The molecular formula is C12H17Cl2F2N3O4. The van der Waals surface area contributed by atoms with E-state index in [0.717, 1.165) is 0 Å². The summed E-state index contributed by atoms with van der Waals surface area (Å²) >= 11 is 5.90. The first kappa shape index (κ1) is 21.6. The molecule has 23 heavy (non-hydrogen) atoms. The molecule has 132 valence electrons. The minimum atomic E-state index is -3.33. The molecule has 1 aromatic rings. The molecule has 0 saturated carbocycles. The van der Waals surface area contributed by atoms with Crippen molar-refractivity contribution in [2.45, 2.75) is 26.3 Å². The minimum absolute atomic E-state index is 0. The lowest BCUT2D eigenvalue weighted by molar-refractivity contribution is -0.0112. The zero-order valence-corrected chi connectivity index (χ0v) is 14.0. The van der Waals surface area contributed by atoms with Crippen molar-refractivity contribution in [3.8, 4) is 0 Å². The second kappa shape index (κ2) is 8.99. The zero-order chi connectivity index (χ0) is 16.9. The molecule has 1 aromatic heterocycles. The van der Waals surface area contributed by atoms with Crippen LogP contribution in [-0.4, -0.2) is 47.4 Å². The van der Waals surface area contributed by atoms with Crippen molar-refractivity contribution < 1.29 is 27.8 Å². The van der Waals surface area contributed by atoms with Crippen molar-refractivity contribution in [1.82, 2.24) is 9.78 Å². The fourth-order valence-corrected chi connectivity index (χ4v) is 1.85. The van der Waals surface area contributed by atoms with Gasteiger partial charge in [0.05, 0.1) is 19.8 Å². The van der Waals surface area contributed by atoms with Crippen LogP contribution >= 0.6 is 24.0 Å². The Bertz CT molecular complexity index is 567. The molecule has 0 amide bonds. The lowest BCUT2D eigenvalue weighted by Gasteiger charge is -2.15. The van der Waals surface area contributed by atoms with Crippen LogP contribution in [-0.2, 0) is 16.0 Å². The fraction of sp³-hybridized carbons (Fsp3) is 0.583. The Hall–Kier alpha value is -1.45. The number of hydrogen-bond donors (Lipinski definition) is 1. The van der Waals surface area contributed by atoms with E-state index in [-0.39, 0.29) is 25.6 Å². The third-order valence-corrected chi connectivity index (χ3v) is 2.87. The quantitative estimate of drug-likeness (QED) is 0.731. The number of ether oxygens (including phenoxy) is 2. The highest BCUT2D eigenvalue weighted by molar-refractivity contribution is 6.36. The average Bonchev–Trinajstić information content (AvgIpc) is 2.75. The Morgan fingerprint density at radius 2 is 1.78 bits per heavy atom. The van der Waals surface area contributed by atoms with Gasteiger partial charge in [0.25, 0.3) is 5.92 Å². The van der Waals surface area contributed by atoms with E-state index in [4.69, 9.17) is 26.8 Å². The van der Waals surface area contributed by atoms with Crippen molar-refractivity contribution in [3.63, 3.8) is 0 Å². The second-order valence-electron chi connectivity index (χ2n) is 4.17. The van der Waals surface area contributed by atoms with Gasteiger partial charge < -0.3 is 15.2 Å². The summed E-state index contributed by atoms with van der Waals surface area (Å²) in [6.45, 7) is 1.15. The van der Waals surface area contributed by atoms with Crippen LogP contribution in [0.25, 0.3) is 0 Å². The molecule has 0 aromatic carbocycles. The maximum absolute atomic E-state index is 13.5. The van der Waals surface area contributed by atoms with Crippen LogP contribution in [0.2, 0.25) is 5.02 Å². The van der Waals surface area contributed by atoms with Gasteiger partial charge in [-0.05, 0) is 13.8 Å². The molecule has 0 aliphatic rings. The number of aromatic nitrogens is 2. The lowest BCUT2D eigenvalue weighted by Crippen LogP contribution is -2.34. The Balaban J connectivity index is 0.00000484. The third-order valence-electron chi connectivity index (χ3n) is 2.51. The molecule has 2 N–H and O–H groups in total. The summed E-state index contributed by atoms with van der Waals surface area (Å²) in [4.78, 5) is 23.6. The maximum atomic E-state index is 13.5. The number of nitrogens with zero attached hydrogens (tertiary/aromatic N) is 2. The van der Waals surface area contributed by atoms with Crippen LogP contribution in [0.15, 0.2) is 0 Å². The van der Waals surface area contributed by atoms with E-state index in [1.807, 2.05) is 0 Å². The first-order valence-electron chi connectivity index (χ1n) is 6.45. The van der Waals surface area contributed by atoms with Crippen molar-refractivity contribution in [1.29, 1.82) is 0 Å². The van der Waals surface area contributed by atoms with Gasteiger partial charge >= 0.3 is 11.9 Å². The predicted molar refractivity (Wildman–Crippen MR) is 80.4 cm³/mol. The highest BCUT2D eigenvalue weighted by atomic mass is 35.5. The van der Waals surface area contributed by atoms with Crippen LogP contribution in [0.5, 0.6) is 0 Å². The van der Waals surface area contributed by atoms with Gasteiger partial charge in [-0.3, -0.25) is 0 Å². The Morgan fingerprint density at radius 3 is 2.26 bits per heavy atom. The molecule has 0 bridgehead atoms. The number of carbonyl (C=O) groups is 2. The van der Waals surface area contributed by atoms with Gasteiger partial charge in [0, 0.05) is 0 Å². The molecule has 0 aliphatic carbocycles. The van der Waals surface area contributed by atoms with E-state index in [9.17, 15) is 18.4 Å². The van der Waals surface area contributed by atoms with Gasteiger partial charge in [-0.1, -0.05) is 11.6 Å². The van der Waals surface area contributed by atoms with Crippen LogP contribution in [0.3, 0.4) is 0 Å². The molecule has 7 nitrogen and oxygen atoms in total. The van der Waals surface area contributed by atoms with Gasteiger partial charge in [0.2, 0.25) is 0 Å². The average molecular weight is 376 g/mol. The normalized spacial score (nSPS) is 10.9. The summed E-state index contributed by atoms with van der Waals surface area (Å²) < 4.78 is 37.0. The van der Waals surface area contributed by atoms with E-state index in [0.29, 0.717) is 4.68 Å². The van der Waals surface area contributed by atoms with Crippen molar-refractivity contribution >= 4 is 35.9 Å². The predicted octanol–water partition coefficient (Wildman–Crippen LogP) is 1.91. The van der Waals surface area contributed by atoms with E-state index >= 15 is 0 Å². The summed E-state index contributed by atoms with van der Waals surface area (Å²) in [7, 11) is 0. The molecule has 0 radical (unpaired) electrons. The molecule has 0 saturated heterocycles. The summed E-state index contributed by atoms with van der Waals surface area (Å²) in [5.41, 5.74) is 4.08. The smallest absolute Gasteiger partial charge is 0.360 e. The first-order valence-corrected chi connectivity index (χ1v) is 6.83. The largest absolute Gasteiger partial charge is 0.461 e. The summed E-state index contributed by atoms with van der Waals surface area (Å²) in [6, 6.07) is 0. The Morgan fingerprint density at radius 1 is 1.26 bits per heavy atom. The van der Waals surface area contributed by atoms with E-state index < -0.39 is 47.4 Å². The molecule has 0 aliphatic heterocycles. The summed E-state index contributed by atoms with van der Waals surface area (Å²) in [6.07, 6.45) is 0. The van der Waals surface area contributed by atoms with Crippen molar-refractivity contribution in [2.24, 2.45) is 5.73 Å². The zero-order valence-electron chi connectivity index (χ0n) is 12.5. The number of alkyl halides is 2. The fourth-order valence-electron chi connectivity index (χ4n) is 1.56. The topological polar surface area (TPSA) is 96.4 Å². The molecule has 0 fully saturated rings. The molecular weight excluding hydrogens is 359 g/mol. The number of hydrogen-bond acceptors (Lipinski definition) is 6. The highest BCUT2D eigenvalue weighted by Gasteiger charge is 2.34. The molecule has 1 heterocycles. The number of esters is 2. The molecule has 1 rings (SSSR count). The van der Waals surface area contributed by atoms with E-state index in [1.54, 1.807) is 6.92 Å². The SMILES string of the molecule is CCOC(=O)c1nn(CC(F)(F)CN)c(C(=O)OCC)c1Cl.Cl. The Labute approximate surface area is 142 Å². The van der Waals surface area contributed by atoms with Gasteiger partial charge in [0.15, 0.2) is 11.4 Å². The molecule has 11 heteroatoms. The second-order valence-corrected chi connectivity index (χ2v) is 4.55. The molecule has 0 atom stereocenters. The first-order chi connectivity index (χ1) is 10.3. The number of halogens is 4. The number of nitrogens with two attached hydrogens (primary N) is 1. The number of rotatable bonds is 7. The monoisotopic (exact) mass is 375 g/mol. The van der Waals surface area contributed by atoms with Gasteiger partial charge in [-0.2, -0.15) is 5.10 Å². The van der Waals surface area contributed by atoms with Crippen LogP contribution in [0.4, 0.5) is 8.78 Å². The van der Waals surface area contributed by atoms with Crippen LogP contribution in [0.1, 0.15) is 34.8 Å². The summed E-state index contributed by atoms with van der Waals surface area (Å²) in [5.74, 6) is -5.22. The van der Waals surface area contributed by atoms with Gasteiger partial charge in [0.1, 0.15) is 11.6 Å². The van der Waals surface area contributed by atoms with Crippen LogP contribution in [0, 0.1) is 0 Å². The standard InChI is InChI=1S/C12H16ClF2N3O4.ClH/c1-3-21-10(19)8-7(13)9(11(20)22-4-2)18(17-8)6-12(14,15)5-16;/h3-6,16H2,1-2H3;1H. The number of carbonyl (C=O) groups excluding carboxylic acids is 2. The summed E-state index contributed by atoms with van der Waals surface area (Å²) in [5, 5.41) is 3.24. The molecule has 0 unspecified atom stereocenters. The molecule has 0 spiro atoms. The third kappa shape index (κ3) is 5.29. The Kier molecular flexibility index (Phi) is 8.43. The van der Waals surface area contributed by atoms with Crippen molar-refractivity contribution in [3.05, 3.63) is 16.4 Å². The van der Waals surface area contributed by atoms with Crippen molar-refractivity contribution in [2.75, 3.05) is 19.8 Å². The van der Waals surface area contributed by atoms with Gasteiger partial charge in [-0.15, -0.1) is 12.4 Å². The lowest BCUT2D eigenvalue weighted by atomic mass is 10.3. The maximum Gasteiger partial charge on any atom is 0.360 e. The minimum Gasteiger partial charge on any atom is -0.461 e. The van der Waals surface area contributed by atoms with Crippen LogP contribution < -0.4 is 5.73 Å². The highest BCUT2D eigenvalue weighted by Crippen LogP contribution is 2.25. The van der Waals surface area contributed by atoms with Gasteiger partial charge in [-0.25, -0.2) is 23.1 Å². The van der Waals surface area contributed by atoms with E-state index in [2.05, 4.69) is 5.10 Å². The van der Waals surface area contributed by atoms with E-state index in [1.165, 1.54) is 6.92 Å².